The van der Waals surface area contributed by atoms with Crippen LogP contribution in [0.4, 0.5) is 0 Å². The lowest BCUT2D eigenvalue weighted by atomic mass is 10.1. The number of carbonyl (C=O) groups is 2. The van der Waals surface area contributed by atoms with E-state index < -0.39 is 11.2 Å². The van der Waals surface area contributed by atoms with E-state index in [9.17, 15) is 9.59 Å². The molecule has 0 aliphatic carbocycles. The van der Waals surface area contributed by atoms with Crippen LogP contribution in [-0.2, 0) is 18.3 Å². The molecule has 0 saturated carbocycles. The second-order valence-corrected chi connectivity index (χ2v) is 7.61. The number of rotatable bonds is 8. The molecule has 140 valence electrons. The van der Waals surface area contributed by atoms with Crippen molar-refractivity contribution in [1.82, 2.24) is 15.1 Å². The molecular weight excluding hydrogens is 350 g/mol. The van der Waals surface area contributed by atoms with Gasteiger partial charge in [0, 0.05) is 24.2 Å². The molecule has 2 rings (SSSR count). The van der Waals surface area contributed by atoms with Gasteiger partial charge in [-0.15, -0.1) is 11.8 Å². The average Bonchev–Trinajstić information content (AvgIpc) is 2.84. The summed E-state index contributed by atoms with van der Waals surface area (Å²) in [6.07, 6.45) is 1.68. The largest absolute Gasteiger partial charge is 0.480 e. The van der Waals surface area contributed by atoms with E-state index in [1.807, 2.05) is 31.6 Å². The van der Waals surface area contributed by atoms with E-state index in [1.165, 1.54) is 17.3 Å². The van der Waals surface area contributed by atoms with Gasteiger partial charge in [-0.2, -0.15) is 5.10 Å². The quantitative estimate of drug-likeness (QED) is 0.547. The average molecular weight is 375 g/mol. The molecule has 1 aromatic carbocycles. The third-order valence-corrected chi connectivity index (χ3v) is 5.50. The summed E-state index contributed by atoms with van der Waals surface area (Å²) in [6, 6.07) is 7.09. The molecule has 0 fully saturated rings. The number of carboxylic acid groups (broad SMARTS) is 1. The van der Waals surface area contributed by atoms with Gasteiger partial charge in [0.05, 0.1) is 11.3 Å². The van der Waals surface area contributed by atoms with Gasteiger partial charge in [-0.25, -0.2) is 0 Å². The number of carboxylic acids is 1. The number of nitrogens with zero attached hydrogens (tertiary/aromatic N) is 2. The van der Waals surface area contributed by atoms with Crippen molar-refractivity contribution in [3.05, 3.63) is 46.8 Å². The van der Waals surface area contributed by atoms with Crippen LogP contribution in [0.1, 0.15) is 40.7 Å². The van der Waals surface area contributed by atoms with Gasteiger partial charge in [-0.1, -0.05) is 12.1 Å². The van der Waals surface area contributed by atoms with Gasteiger partial charge < -0.3 is 10.4 Å². The van der Waals surface area contributed by atoms with E-state index in [4.69, 9.17) is 5.11 Å². The maximum absolute atomic E-state index is 12.5. The summed E-state index contributed by atoms with van der Waals surface area (Å²) in [5.74, 6) is -1.07. The van der Waals surface area contributed by atoms with Crippen molar-refractivity contribution in [3.8, 4) is 0 Å². The molecule has 1 unspecified atom stereocenters. The van der Waals surface area contributed by atoms with Crippen LogP contribution >= 0.6 is 11.8 Å². The molecule has 0 bridgehead atoms. The normalized spacial score (nSPS) is 12.0. The first-order valence-electron chi connectivity index (χ1n) is 8.57. The van der Waals surface area contributed by atoms with Crippen LogP contribution in [0.3, 0.4) is 0 Å². The fourth-order valence-electron chi connectivity index (χ4n) is 2.74. The fourth-order valence-corrected chi connectivity index (χ4v) is 3.67. The smallest absolute Gasteiger partial charge is 0.316 e. The Kier molecular flexibility index (Phi) is 6.85. The summed E-state index contributed by atoms with van der Waals surface area (Å²) in [7, 11) is 1.93. The predicted octanol–water partition coefficient (Wildman–Crippen LogP) is 2.96. The molecular formula is C19H25N3O3S. The van der Waals surface area contributed by atoms with E-state index >= 15 is 0 Å². The van der Waals surface area contributed by atoms with Crippen molar-refractivity contribution in [2.45, 2.75) is 43.8 Å². The molecule has 1 aromatic heterocycles. The van der Waals surface area contributed by atoms with Crippen LogP contribution in [0.25, 0.3) is 0 Å². The van der Waals surface area contributed by atoms with Crippen LogP contribution in [0.2, 0.25) is 0 Å². The maximum Gasteiger partial charge on any atom is 0.316 e. The number of thioether (sulfide) groups is 1. The zero-order chi connectivity index (χ0) is 19.3. The highest BCUT2D eigenvalue weighted by Gasteiger charge is 2.17. The minimum atomic E-state index is -0.896. The third-order valence-electron chi connectivity index (χ3n) is 4.33. The second kappa shape index (κ2) is 8.89. The molecule has 0 spiro atoms. The zero-order valence-corrected chi connectivity index (χ0v) is 16.4. The van der Waals surface area contributed by atoms with E-state index in [0.717, 1.165) is 24.2 Å². The van der Waals surface area contributed by atoms with Crippen LogP contribution < -0.4 is 5.32 Å². The molecule has 0 saturated heterocycles. The second-order valence-electron chi connectivity index (χ2n) is 6.23. The lowest BCUT2D eigenvalue weighted by molar-refractivity contribution is -0.136. The highest BCUT2D eigenvalue weighted by atomic mass is 32.2. The SMILES string of the molecule is Cc1nn(C)c(C)c1CCCNC(=O)c1ccccc1SC(C)C(=O)O. The number of hydrogen-bond acceptors (Lipinski definition) is 4. The van der Waals surface area contributed by atoms with Crippen molar-refractivity contribution < 1.29 is 14.7 Å². The van der Waals surface area contributed by atoms with Gasteiger partial charge in [0.1, 0.15) is 5.25 Å². The summed E-state index contributed by atoms with van der Waals surface area (Å²) in [6.45, 7) is 6.21. The maximum atomic E-state index is 12.5. The van der Waals surface area contributed by atoms with E-state index in [-0.39, 0.29) is 5.91 Å². The molecule has 2 aromatic rings. The number of benzene rings is 1. The first-order valence-corrected chi connectivity index (χ1v) is 9.45. The molecule has 1 amide bonds. The van der Waals surface area contributed by atoms with Gasteiger partial charge in [0.2, 0.25) is 0 Å². The first kappa shape index (κ1) is 20.0. The van der Waals surface area contributed by atoms with Gasteiger partial charge in [-0.3, -0.25) is 14.3 Å². The number of amides is 1. The number of carbonyl (C=O) groups excluding carboxylic acids is 1. The number of aryl methyl sites for hydroxylation is 2. The Labute approximate surface area is 158 Å². The Bertz CT molecular complexity index is 801. The summed E-state index contributed by atoms with van der Waals surface area (Å²) in [5, 5.41) is 15.8. The Balaban J connectivity index is 1.93. The molecule has 2 N–H and O–H groups in total. The highest BCUT2D eigenvalue weighted by Crippen LogP contribution is 2.27. The lowest BCUT2D eigenvalue weighted by Gasteiger charge is -2.12. The molecule has 1 atom stereocenters. The molecule has 26 heavy (non-hydrogen) atoms. The summed E-state index contributed by atoms with van der Waals surface area (Å²) in [5.41, 5.74) is 3.92. The molecule has 0 radical (unpaired) electrons. The topological polar surface area (TPSA) is 84.2 Å². The van der Waals surface area contributed by atoms with Crippen LogP contribution in [-0.4, -0.2) is 38.6 Å². The monoisotopic (exact) mass is 375 g/mol. The van der Waals surface area contributed by atoms with Crippen molar-refractivity contribution >= 4 is 23.6 Å². The van der Waals surface area contributed by atoms with Gasteiger partial charge in [-0.05, 0) is 51.3 Å². The molecule has 1 heterocycles. The van der Waals surface area contributed by atoms with Crippen molar-refractivity contribution in [3.63, 3.8) is 0 Å². The number of aromatic nitrogens is 2. The third kappa shape index (κ3) is 4.88. The number of nitrogens with one attached hydrogen (secondary N) is 1. The summed E-state index contributed by atoms with van der Waals surface area (Å²) < 4.78 is 1.88. The Morgan fingerprint density at radius 2 is 2.00 bits per heavy atom. The van der Waals surface area contributed by atoms with Crippen LogP contribution in [0, 0.1) is 13.8 Å². The van der Waals surface area contributed by atoms with Crippen molar-refractivity contribution in [1.29, 1.82) is 0 Å². The number of aliphatic carboxylic acids is 1. The van der Waals surface area contributed by atoms with Gasteiger partial charge >= 0.3 is 5.97 Å². The molecule has 0 aliphatic rings. The Morgan fingerprint density at radius 3 is 2.62 bits per heavy atom. The minimum Gasteiger partial charge on any atom is -0.480 e. The van der Waals surface area contributed by atoms with Crippen molar-refractivity contribution in [2.24, 2.45) is 7.05 Å². The standard InChI is InChI=1S/C19H25N3O3S/c1-12-15(13(2)22(4)21-12)9-7-11-20-18(23)16-8-5-6-10-17(16)26-14(3)19(24)25/h5-6,8,10,14H,7,9,11H2,1-4H3,(H,20,23)(H,24,25). The summed E-state index contributed by atoms with van der Waals surface area (Å²) >= 11 is 1.18. The Hall–Kier alpha value is -2.28. The van der Waals surface area contributed by atoms with Crippen LogP contribution in [0.5, 0.6) is 0 Å². The van der Waals surface area contributed by atoms with Crippen LogP contribution in [0.15, 0.2) is 29.2 Å². The predicted molar refractivity (Wildman–Crippen MR) is 103 cm³/mol. The zero-order valence-electron chi connectivity index (χ0n) is 15.6. The number of hydrogen-bond donors (Lipinski definition) is 2. The Morgan fingerprint density at radius 1 is 1.31 bits per heavy atom. The van der Waals surface area contributed by atoms with Crippen molar-refractivity contribution in [2.75, 3.05) is 6.54 Å². The lowest BCUT2D eigenvalue weighted by Crippen LogP contribution is -2.25. The highest BCUT2D eigenvalue weighted by molar-refractivity contribution is 8.00. The molecule has 0 aliphatic heterocycles. The molecule has 6 nitrogen and oxygen atoms in total. The first-order chi connectivity index (χ1) is 12.3. The van der Waals surface area contributed by atoms with Gasteiger partial charge in [0.15, 0.2) is 0 Å². The van der Waals surface area contributed by atoms with E-state index in [0.29, 0.717) is 17.0 Å². The van der Waals surface area contributed by atoms with Gasteiger partial charge in [0.25, 0.3) is 5.91 Å². The van der Waals surface area contributed by atoms with E-state index in [1.54, 1.807) is 25.1 Å². The summed E-state index contributed by atoms with van der Waals surface area (Å²) in [4.78, 5) is 24.2. The minimum absolute atomic E-state index is 0.176. The molecule has 7 heteroatoms. The van der Waals surface area contributed by atoms with E-state index in [2.05, 4.69) is 10.4 Å². The fraction of sp³-hybridized carbons (Fsp3) is 0.421.